The molecule has 0 saturated heterocycles. The van der Waals surface area contributed by atoms with Gasteiger partial charge in [-0.05, 0) is 32.1 Å². The van der Waals surface area contributed by atoms with Gasteiger partial charge in [-0.25, -0.2) is 4.68 Å². The molecule has 106 valence electrons. The minimum atomic E-state index is -0.202. The predicted octanol–water partition coefficient (Wildman–Crippen LogP) is 3.30. The van der Waals surface area contributed by atoms with Gasteiger partial charge in [0.05, 0.1) is 11.9 Å². The average molecular weight is 284 g/mol. The topological polar surface area (TPSA) is 46.9 Å². The Bertz CT molecular complexity index is 480. The van der Waals surface area contributed by atoms with E-state index in [0.717, 1.165) is 6.42 Å². The van der Waals surface area contributed by atoms with Crippen LogP contribution in [-0.2, 0) is 6.54 Å². The Morgan fingerprint density at radius 1 is 1.53 bits per heavy atom. The maximum absolute atomic E-state index is 12.0. The molecule has 1 saturated carbocycles. The van der Waals surface area contributed by atoms with Gasteiger partial charge >= 0.3 is 0 Å². The molecule has 1 fully saturated rings. The van der Waals surface area contributed by atoms with Crippen LogP contribution in [0.4, 0.5) is 5.69 Å². The van der Waals surface area contributed by atoms with Gasteiger partial charge in [-0.1, -0.05) is 31.4 Å². The van der Waals surface area contributed by atoms with E-state index in [1.807, 2.05) is 6.92 Å². The molecule has 0 amide bonds. The number of halogens is 1. The van der Waals surface area contributed by atoms with Crippen LogP contribution in [0, 0.1) is 5.92 Å². The Morgan fingerprint density at radius 2 is 2.21 bits per heavy atom. The van der Waals surface area contributed by atoms with Crippen molar-refractivity contribution in [1.29, 1.82) is 0 Å². The Labute approximate surface area is 119 Å². The van der Waals surface area contributed by atoms with Crippen molar-refractivity contribution in [2.24, 2.45) is 5.92 Å². The summed E-state index contributed by atoms with van der Waals surface area (Å²) in [5.41, 5.74) is 0.463. The van der Waals surface area contributed by atoms with Gasteiger partial charge in [0, 0.05) is 12.6 Å². The van der Waals surface area contributed by atoms with E-state index in [-0.39, 0.29) is 10.6 Å². The van der Waals surface area contributed by atoms with Crippen molar-refractivity contribution in [2.75, 3.05) is 5.32 Å². The highest BCUT2D eigenvalue weighted by Gasteiger charge is 2.22. The molecule has 0 bridgehead atoms. The lowest BCUT2D eigenvalue weighted by atomic mass is 10.00. The lowest BCUT2D eigenvalue weighted by Gasteiger charge is -2.22. The highest BCUT2D eigenvalue weighted by molar-refractivity contribution is 6.32. The van der Waals surface area contributed by atoms with Crippen LogP contribution >= 0.6 is 11.6 Å². The van der Waals surface area contributed by atoms with Gasteiger partial charge < -0.3 is 5.32 Å². The van der Waals surface area contributed by atoms with Crippen molar-refractivity contribution >= 4 is 17.3 Å². The lowest BCUT2D eigenvalue weighted by molar-refractivity contribution is 0.481. The number of hydrogen-bond donors (Lipinski definition) is 1. The summed E-state index contributed by atoms with van der Waals surface area (Å²) in [6.07, 6.45) is 7.67. The van der Waals surface area contributed by atoms with E-state index in [9.17, 15) is 4.79 Å². The van der Waals surface area contributed by atoms with E-state index in [1.54, 1.807) is 6.20 Å². The first-order valence-corrected chi connectivity index (χ1v) is 7.53. The minimum absolute atomic E-state index is 0.202. The van der Waals surface area contributed by atoms with E-state index in [2.05, 4.69) is 17.3 Å². The van der Waals surface area contributed by atoms with E-state index in [1.165, 1.54) is 30.4 Å². The summed E-state index contributed by atoms with van der Waals surface area (Å²) >= 11 is 6.15. The van der Waals surface area contributed by atoms with Gasteiger partial charge in [0.25, 0.3) is 5.56 Å². The Hall–Kier alpha value is -1.03. The Kier molecular flexibility index (Phi) is 4.86. The molecule has 0 aromatic carbocycles. The fourth-order valence-electron chi connectivity index (χ4n) is 2.76. The maximum atomic E-state index is 12.0. The number of aryl methyl sites for hydroxylation is 1. The smallest absolute Gasteiger partial charge is 0.287 e. The minimum Gasteiger partial charge on any atom is -0.380 e. The van der Waals surface area contributed by atoms with Crippen LogP contribution < -0.4 is 10.9 Å². The van der Waals surface area contributed by atoms with Crippen LogP contribution in [0.5, 0.6) is 0 Å². The number of nitrogens with one attached hydrogen (secondary N) is 1. The van der Waals surface area contributed by atoms with Crippen LogP contribution in [0.1, 0.15) is 46.0 Å². The second-order valence-electron chi connectivity index (χ2n) is 5.38. The van der Waals surface area contributed by atoms with E-state index >= 15 is 0 Å². The van der Waals surface area contributed by atoms with E-state index in [4.69, 9.17) is 11.6 Å². The summed E-state index contributed by atoms with van der Waals surface area (Å²) in [5, 5.41) is 7.78. The standard InChI is InChI=1S/C14H22ClN3O/c1-3-8-18-14(19)13(15)12(9-16-18)17-10(2)11-6-4-5-7-11/h9-11,17H,3-8H2,1-2H3. The third kappa shape index (κ3) is 3.30. The molecule has 4 nitrogen and oxygen atoms in total. The van der Waals surface area contributed by atoms with Crippen LogP contribution in [0.3, 0.4) is 0 Å². The number of nitrogens with zero attached hydrogens (tertiary/aromatic N) is 2. The molecule has 2 rings (SSSR count). The second-order valence-corrected chi connectivity index (χ2v) is 5.76. The molecule has 1 aromatic heterocycles. The fraction of sp³-hybridized carbons (Fsp3) is 0.714. The fourth-order valence-corrected chi connectivity index (χ4v) is 2.96. The number of anilines is 1. The van der Waals surface area contributed by atoms with Crippen molar-refractivity contribution in [3.8, 4) is 0 Å². The predicted molar refractivity (Wildman–Crippen MR) is 78.8 cm³/mol. The molecule has 5 heteroatoms. The summed E-state index contributed by atoms with van der Waals surface area (Å²) in [6.45, 7) is 4.78. The monoisotopic (exact) mass is 283 g/mol. The summed E-state index contributed by atoms with van der Waals surface area (Å²) in [7, 11) is 0. The molecule has 19 heavy (non-hydrogen) atoms. The molecular weight excluding hydrogens is 262 g/mol. The van der Waals surface area contributed by atoms with Gasteiger partial charge in [-0.3, -0.25) is 4.79 Å². The van der Waals surface area contributed by atoms with Gasteiger partial charge in [-0.15, -0.1) is 0 Å². The first-order chi connectivity index (χ1) is 9.13. The van der Waals surface area contributed by atoms with Crippen LogP contribution in [0.15, 0.2) is 11.0 Å². The molecule has 1 N–H and O–H groups in total. The van der Waals surface area contributed by atoms with E-state index in [0.29, 0.717) is 24.2 Å². The summed E-state index contributed by atoms with van der Waals surface area (Å²) < 4.78 is 1.42. The van der Waals surface area contributed by atoms with Gasteiger partial charge in [0.2, 0.25) is 0 Å². The zero-order chi connectivity index (χ0) is 13.8. The first-order valence-electron chi connectivity index (χ1n) is 7.15. The average Bonchev–Trinajstić information content (AvgIpc) is 2.92. The van der Waals surface area contributed by atoms with Gasteiger partial charge in [0.1, 0.15) is 5.02 Å². The van der Waals surface area contributed by atoms with Gasteiger partial charge in [0.15, 0.2) is 0 Å². The maximum Gasteiger partial charge on any atom is 0.287 e. The number of rotatable bonds is 5. The van der Waals surface area contributed by atoms with Crippen LogP contribution in [0.2, 0.25) is 5.02 Å². The zero-order valence-electron chi connectivity index (χ0n) is 11.7. The molecule has 1 heterocycles. The zero-order valence-corrected chi connectivity index (χ0v) is 12.4. The molecule has 0 spiro atoms. The van der Waals surface area contributed by atoms with Crippen LogP contribution in [-0.4, -0.2) is 15.8 Å². The Morgan fingerprint density at radius 3 is 2.84 bits per heavy atom. The first kappa shape index (κ1) is 14.4. The quantitative estimate of drug-likeness (QED) is 0.902. The number of aromatic nitrogens is 2. The summed E-state index contributed by atoms with van der Waals surface area (Å²) in [4.78, 5) is 12.0. The molecule has 0 aliphatic heterocycles. The highest BCUT2D eigenvalue weighted by atomic mass is 35.5. The van der Waals surface area contributed by atoms with Crippen molar-refractivity contribution in [2.45, 2.75) is 58.5 Å². The second kappa shape index (κ2) is 6.42. The van der Waals surface area contributed by atoms with E-state index < -0.39 is 0 Å². The lowest BCUT2D eigenvalue weighted by Crippen LogP contribution is -2.28. The van der Waals surface area contributed by atoms with Crippen molar-refractivity contribution in [3.05, 3.63) is 21.6 Å². The largest absolute Gasteiger partial charge is 0.380 e. The van der Waals surface area contributed by atoms with Gasteiger partial charge in [-0.2, -0.15) is 5.10 Å². The molecule has 1 unspecified atom stereocenters. The molecule has 1 atom stereocenters. The third-order valence-corrected chi connectivity index (χ3v) is 4.28. The van der Waals surface area contributed by atoms with Crippen molar-refractivity contribution < 1.29 is 0 Å². The molecule has 1 aliphatic rings. The summed E-state index contributed by atoms with van der Waals surface area (Å²) in [6, 6.07) is 0.336. The molecule has 1 aliphatic carbocycles. The SMILES string of the molecule is CCCn1ncc(NC(C)C2CCCC2)c(Cl)c1=O. The Balaban J connectivity index is 2.12. The third-order valence-electron chi connectivity index (χ3n) is 3.91. The number of hydrogen-bond acceptors (Lipinski definition) is 3. The summed E-state index contributed by atoms with van der Waals surface area (Å²) in [5.74, 6) is 0.675. The molecular formula is C14H22ClN3O. The molecule has 1 aromatic rings. The molecule has 0 radical (unpaired) electrons. The van der Waals surface area contributed by atoms with Crippen molar-refractivity contribution in [3.63, 3.8) is 0 Å². The van der Waals surface area contributed by atoms with Crippen molar-refractivity contribution in [1.82, 2.24) is 9.78 Å². The van der Waals surface area contributed by atoms with Crippen LogP contribution in [0.25, 0.3) is 0 Å². The normalized spacial score (nSPS) is 17.6. The highest BCUT2D eigenvalue weighted by Crippen LogP contribution is 2.29.